The van der Waals surface area contributed by atoms with Gasteiger partial charge in [-0.05, 0) is 54.7 Å². The van der Waals surface area contributed by atoms with E-state index in [1.807, 2.05) is 18.2 Å². The van der Waals surface area contributed by atoms with Gasteiger partial charge in [-0.2, -0.15) is 0 Å². The van der Waals surface area contributed by atoms with E-state index in [-0.39, 0.29) is 0 Å². The van der Waals surface area contributed by atoms with Crippen LogP contribution in [0.1, 0.15) is 35.6 Å². The minimum atomic E-state index is 0.531. The van der Waals surface area contributed by atoms with Crippen LogP contribution in [0.3, 0.4) is 0 Å². The molecule has 0 fully saturated rings. The lowest BCUT2D eigenvalue weighted by Crippen LogP contribution is -2.06. The number of imidazole rings is 2. The minimum Gasteiger partial charge on any atom is -0.342 e. The molecule has 0 unspecified atom stereocenters. The number of hydrogen-bond donors (Lipinski definition) is 2. The van der Waals surface area contributed by atoms with Gasteiger partial charge in [-0.1, -0.05) is 48.5 Å². The average molecular weight is 410 g/mol. The molecule has 5 rings (SSSR count). The van der Waals surface area contributed by atoms with Gasteiger partial charge in [-0.15, -0.1) is 0 Å². The summed E-state index contributed by atoms with van der Waals surface area (Å²) in [4.78, 5) is 13.2. The van der Waals surface area contributed by atoms with Crippen LogP contribution in [0, 0.1) is 0 Å². The molecule has 31 heavy (non-hydrogen) atoms. The summed E-state index contributed by atoms with van der Waals surface area (Å²) in [5, 5.41) is 0. The molecule has 156 valence electrons. The van der Waals surface area contributed by atoms with E-state index < -0.39 is 0 Å². The van der Waals surface area contributed by atoms with E-state index >= 15 is 0 Å². The number of nitrogens with two attached hydrogens (primary N) is 1. The predicted molar refractivity (Wildman–Crippen MR) is 126 cm³/mol. The summed E-state index contributed by atoms with van der Waals surface area (Å²) in [5.41, 5.74) is 12.5. The summed E-state index contributed by atoms with van der Waals surface area (Å²) in [7, 11) is 0. The maximum absolute atomic E-state index is 5.78. The minimum absolute atomic E-state index is 0.531. The van der Waals surface area contributed by atoms with Crippen molar-refractivity contribution in [3.8, 4) is 0 Å². The Labute approximate surface area is 182 Å². The second-order valence-electron chi connectivity index (χ2n) is 8.03. The van der Waals surface area contributed by atoms with Gasteiger partial charge in [0.1, 0.15) is 11.6 Å². The number of nitrogens with one attached hydrogen (secondary N) is 1. The molecule has 3 N–H and O–H groups in total. The van der Waals surface area contributed by atoms with E-state index in [4.69, 9.17) is 15.7 Å². The maximum atomic E-state index is 5.78. The zero-order valence-electron chi connectivity index (χ0n) is 17.6. The van der Waals surface area contributed by atoms with Gasteiger partial charge in [0.25, 0.3) is 0 Å². The maximum Gasteiger partial charge on any atom is 0.117 e. The van der Waals surface area contributed by atoms with Crippen LogP contribution in [-0.4, -0.2) is 19.5 Å². The quantitative estimate of drug-likeness (QED) is 0.355. The molecule has 5 nitrogen and oxygen atoms in total. The lowest BCUT2D eigenvalue weighted by molar-refractivity contribution is 0.601. The first-order valence-corrected chi connectivity index (χ1v) is 11.0. The molecule has 0 aliphatic rings. The van der Waals surface area contributed by atoms with Crippen LogP contribution in [-0.2, 0) is 25.9 Å². The number of para-hydroxylation sites is 2. The van der Waals surface area contributed by atoms with Gasteiger partial charge in [0, 0.05) is 13.1 Å². The molecule has 0 spiro atoms. The largest absolute Gasteiger partial charge is 0.342 e. The number of benzene rings is 3. The topological polar surface area (TPSA) is 72.5 Å². The normalized spacial score (nSPS) is 11.5. The molecule has 0 bridgehead atoms. The number of H-pyrrole nitrogens is 1. The Morgan fingerprint density at radius 3 is 2.52 bits per heavy atom. The number of nitrogens with zero attached hydrogens (tertiary/aromatic N) is 3. The van der Waals surface area contributed by atoms with E-state index in [0.29, 0.717) is 13.0 Å². The van der Waals surface area contributed by atoms with Gasteiger partial charge >= 0.3 is 0 Å². The van der Waals surface area contributed by atoms with E-state index in [0.717, 1.165) is 59.6 Å². The number of aromatic nitrogens is 4. The molecule has 0 atom stereocenters. The van der Waals surface area contributed by atoms with Crippen LogP contribution in [0.25, 0.3) is 22.1 Å². The first-order chi connectivity index (χ1) is 15.3. The molecular formula is C26H27N5. The van der Waals surface area contributed by atoms with Crippen LogP contribution in [0.5, 0.6) is 0 Å². The lowest BCUT2D eigenvalue weighted by atomic mass is 10.1. The molecular weight excluding hydrogens is 382 g/mol. The average Bonchev–Trinajstić information content (AvgIpc) is 3.37. The SMILES string of the molecule is NCc1ccc2nc(Cc3nc4ccccc4n3CCCCc3ccccc3)[nH]c2c1. The molecule has 3 aromatic carbocycles. The van der Waals surface area contributed by atoms with Gasteiger partial charge in [0.2, 0.25) is 0 Å². The van der Waals surface area contributed by atoms with Crippen molar-refractivity contribution in [3.05, 3.63) is 95.6 Å². The molecule has 5 aromatic rings. The van der Waals surface area contributed by atoms with Crippen molar-refractivity contribution in [3.63, 3.8) is 0 Å². The summed E-state index contributed by atoms with van der Waals surface area (Å²) in [6.45, 7) is 1.49. The third-order valence-electron chi connectivity index (χ3n) is 5.83. The second kappa shape index (κ2) is 8.74. The second-order valence-corrected chi connectivity index (χ2v) is 8.03. The van der Waals surface area contributed by atoms with Crippen LogP contribution in [0.2, 0.25) is 0 Å². The number of unbranched alkanes of at least 4 members (excludes halogenated alkanes) is 1. The Balaban J connectivity index is 1.37. The van der Waals surface area contributed by atoms with Crippen molar-refractivity contribution < 1.29 is 0 Å². The highest BCUT2D eigenvalue weighted by Crippen LogP contribution is 2.21. The Kier molecular flexibility index (Phi) is 5.50. The molecule has 2 heterocycles. The highest BCUT2D eigenvalue weighted by Gasteiger charge is 2.13. The smallest absolute Gasteiger partial charge is 0.117 e. The predicted octanol–water partition coefficient (Wildman–Crippen LogP) is 4.99. The van der Waals surface area contributed by atoms with Crippen molar-refractivity contribution in [2.75, 3.05) is 0 Å². The molecule has 2 aromatic heterocycles. The zero-order valence-corrected chi connectivity index (χ0v) is 17.6. The number of rotatable bonds is 8. The number of aryl methyl sites for hydroxylation is 2. The molecule has 0 aliphatic carbocycles. The molecule has 0 amide bonds. The summed E-state index contributed by atoms with van der Waals surface area (Å²) < 4.78 is 2.36. The number of hydrogen-bond acceptors (Lipinski definition) is 3. The van der Waals surface area contributed by atoms with E-state index in [1.54, 1.807) is 0 Å². The fourth-order valence-corrected chi connectivity index (χ4v) is 4.22. The van der Waals surface area contributed by atoms with Gasteiger partial charge in [0.05, 0.1) is 28.5 Å². The van der Waals surface area contributed by atoms with Crippen LogP contribution in [0.4, 0.5) is 0 Å². The van der Waals surface area contributed by atoms with Crippen molar-refractivity contribution in [1.82, 2.24) is 19.5 Å². The van der Waals surface area contributed by atoms with E-state index in [1.165, 1.54) is 11.1 Å². The summed E-state index contributed by atoms with van der Waals surface area (Å²) in [6, 6.07) is 25.2. The standard InChI is InChI=1S/C26H27N5/c27-18-20-13-14-21-23(16-20)29-25(28-21)17-26-30-22-11-4-5-12-24(22)31(26)15-7-6-10-19-8-2-1-3-9-19/h1-5,8-9,11-14,16H,6-7,10,15,17-18,27H2,(H,28,29). The van der Waals surface area contributed by atoms with Gasteiger partial charge in [0.15, 0.2) is 0 Å². The van der Waals surface area contributed by atoms with Crippen molar-refractivity contribution in [2.45, 2.75) is 38.8 Å². The third-order valence-corrected chi connectivity index (χ3v) is 5.83. The summed E-state index contributed by atoms with van der Waals surface area (Å²) in [6.07, 6.45) is 4.06. The van der Waals surface area contributed by atoms with Crippen LogP contribution < -0.4 is 5.73 Å². The van der Waals surface area contributed by atoms with Crippen LogP contribution in [0.15, 0.2) is 72.8 Å². The fraction of sp³-hybridized carbons (Fsp3) is 0.231. The highest BCUT2D eigenvalue weighted by atomic mass is 15.1. The molecule has 0 aliphatic heterocycles. The molecule has 0 saturated heterocycles. The van der Waals surface area contributed by atoms with Gasteiger partial charge < -0.3 is 15.3 Å². The Bertz CT molecular complexity index is 1300. The Morgan fingerprint density at radius 2 is 1.65 bits per heavy atom. The van der Waals surface area contributed by atoms with Crippen molar-refractivity contribution in [2.24, 2.45) is 5.73 Å². The number of aromatic amines is 1. The zero-order chi connectivity index (χ0) is 21.0. The van der Waals surface area contributed by atoms with E-state index in [2.05, 4.69) is 64.1 Å². The van der Waals surface area contributed by atoms with Gasteiger partial charge in [-0.25, -0.2) is 9.97 Å². The molecule has 0 radical (unpaired) electrons. The van der Waals surface area contributed by atoms with E-state index in [9.17, 15) is 0 Å². The lowest BCUT2D eigenvalue weighted by Gasteiger charge is -2.09. The first-order valence-electron chi connectivity index (χ1n) is 11.0. The molecule has 0 saturated carbocycles. The summed E-state index contributed by atoms with van der Waals surface area (Å²) in [5.74, 6) is 1.99. The number of fused-ring (bicyclic) bond motifs is 2. The van der Waals surface area contributed by atoms with Crippen LogP contribution >= 0.6 is 0 Å². The fourth-order valence-electron chi connectivity index (χ4n) is 4.22. The molecule has 5 heteroatoms. The van der Waals surface area contributed by atoms with Crippen molar-refractivity contribution in [1.29, 1.82) is 0 Å². The van der Waals surface area contributed by atoms with Gasteiger partial charge in [-0.3, -0.25) is 0 Å². The Hall–Kier alpha value is -3.44. The highest BCUT2D eigenvalue weighted by molar-refractivity contribution is 5.77. The first kappa shape index (κ1) is 19.5. The van der Waals surface area contributed by atoms with Crippen molar-refractivity contribution >= 4 is 22.1 Å². The monoisotopic (exact) mass is 409 g/mol. The third kappa shape index (κ3) is 4.23. The Morgan fingerprint density at radius 1 is 0.806 bits per heavy atom. The summed E-state index contributed by atoms with van der Waals surface area (Å²) >= 11 is 0.